The number of carbonyl (C=O) groups is 2. The molecule has 0 radical (unpaired) electrons. The molecule has 2 heterocycles. The maximum absolute atomic E-state index is 13.7. The Balaban J connectivity index is 1.63. The molecular formula is C25H21ClN2O5. The third-order valence-electron chi connectivity index (χ3n) is 5.97. The quantitative estimate of drug-likeness (QED) is 0.521. The lowest BCUT2D eigenvalue weighted by atomic mass is 9.89. The number of carbonyl (C=O) groups excluding carboxylic acids is 2. The molecule has 8 heteroatoms. The Labute approximate surface area is 196 Å². The summed E-state index contributed by atoms with van der Waals surface area (Å²) in [6.07, 6.45) is -0.978. The molecule has 2 aliphatic heterocycles. The minimum absolute atomic E-state index is 0.347. The molecule has 0 aromatic heterocycles. The van der Waals surface area contributed by atoms with Crippen molar-refractivity contribution in [3.63, 3.8) is 0 Å². The Kier molecular flexibility index (Phi) is 5.44. The number of amides is 2. The monoisotopic (exact) mass is 464 g/mol. The predicted molar refractivity (Wildman–Crippen MR) is 124 cm³/mol. The second kappa shape index (κ2) is 8.42. The van der Waals surface area contributed by atoms with Crippen molar-refractivity contribution < 1.29 is 23.9 Å². The van der Waals surface area contributed by atoms with E-state index in [1.54, 1.807) is 55.7 Å². The fourth-order valence-corrected chi connectivity index (χ4v) is 4.57. The molecule has 0 saturated carbocycles. The van der Waals surface area contributed by atoms with Crippen molar-refractivity contribution in [2.45, 2.75) is 12.1 Å². The van der Waals surface area contributed by atoms with Gasteiger partial charge >= 0.3 is 0 Å². The molecule has 33 heavy (non-hydrogen) atoms. The van der Waals surface area contributed by atoms with Crippen LogP contribution in [0.25, 0.3) is 0 Å². The van der Waals surface area contributed by atoms with Gasteiger partial charge in [0.1, 0.15) is 23.5 Å². The lowest BCUT2D eigenvalue weighted by Gasteiger charge is -2.29. The second-order valence-corrected chi connectivity index (χ2v) is 8.19. The molecule has 3 aromatic carbocycles. The fraction of sp³-hybridized carbons (Fsp3) is 0.200. The zero-order chi connectivity index (χ0) is 23.1. The van der Waals surface area contributed by atoms with Gasteiger partial charge in [0.15, 0.2) is 6.10 Å². The summed E-state index contributed by atoms with van der Waals surface area (Å²) in [5.41, 5.74) is 1.86. The highest BCUT2D eigenvalue weighted by molar-refractivity contribution is 6.31. The highest BCUT2D eigenvalue weighted by Crippen LogP contribution is 2.50. The Bertz CT molecular complexity index is 1200. The van der Waals surface area contributed by atoms with E-state index >= 15 is 0 Å². The molecule has 2 amide bonds. The molecular weight excluding hydrogens is 444 g/mol. The summed E-state index contributed by atoms with van der Waals surface area (Å²) in [6.45, 7) is 0. The molecule has 0 aliphatic carbocycles. The Morgan fingerprint density at radius 1 is 0.848 bits per heavy atom. The molecule has 7 nitrogen and oxygen atoms in total. The van der Waals surface area contributed by atoms with E-state index in [0.717, 1.165) is 5.69 Å². The topological polar surface area (TPSA) is 68.3 Å². The lowest BCUT2D eigenvalue weighted by Crippen LogP contribution is -2.37. The first-order chi connectivity index (χ1) is 16.0. The Morgan fingerprint density at radius 3 is 2.24 bits per heavy atom. The van der Waals surface area contributed by atoms with Crippen LogP contribution in [0.2, 0.25) is 5.02 Å². The van der Waals surface area contributed by atoms with E-state index in [2.05, 4.69) is 0 Å². The van der Waals surface area contributed by atoms with Gasteiger partial charge in [0.05, 0.1) is 25.6 Å². The van der Waals surface area contributed by atoms with Crippen LogP contribution in [0.5, 0.6) is 11.5 Å². The third-order valence-corrected chi connectivity index (χ3v) is 6.22. The minimum Gasteiger partial charge on any atom is -0.497 e. The van der Waals surface area contributed by atoms with E-state index < -0.39 is 24.0 Å². The number of benzene rings is 3. The first-order valence-electron chi connectivity index (χ1n) is 10.4. The summed E-state index contributed by atoms with van der Waals surface area (Å²) in [4.78, 5) is 34.4. The number of nitrogens with zero attached hydrogens (tertiary/aromatic N) is 2. The van der Waals surface area contributed by atoms with Crippen LogP contribution < -0.4 is 19.4 Å². The van der Waals surface area contributed by atoms with Crippen LogP contribution in [0, 0.1) is 5.92 Å². The maximum Gasteiger partial charge on any atom is 0.266 e. The summed E-state index contributed by atoms with van der Waals surface area (Å²) >= 11 is 5.99. The van der Waals surface area contributed by atoms with Gasteiger partial charge in [-0.3, -0.25) is 14.4 Å². The second-order valence-electron chi connectivity index (χ2n) is 7.75. The summed E-state index contributed by atoms with van der Waals surface area (Å²) in [7, 11) is 3.13. The van der Waals surface area contributed by atoms with Gasteiger partial charge in [-0.15, -0.1) is 0 Å². The van der Waals surface area contributed by atoms with Gasteiger partial charge in [-0.05, 0) is 54.6 Å². The van der Waals surface area contributed by atoms with Gasteiger partial charge in [0.2, 0.25) is 5.91 Å². The molecule has 0 unspecified atom stereocenters. The molecule has 3 aromatic rings. The average molecular weight is 465 g/mol. The van der Waals surface area contributed by atoms with E-state index in [1.807, 2.05) is 36.4 Å². The predicted octanol–water partition coefficient (Wildman–Crippen LogP) is 4.41. The van der Waals surface area contributed by atoms with Crippen molar-refractivity contribution in [1.82, 2.24) is 0 Å². The lowest BCUT2D eigenvalue weighted by molar-refractivity contribution is -0.126. The van der Waals surface area contributed by atoms with Crippen LogP contribution in [-0.4, -0.2) is 32.1 Å². The van der Waals surface area contributed by atoms with Gasteiger partial charge in [-0.25, -0.2) is 9.96 Å². The molecule has 0 N–H and O–H groups in total. The number of fused-ring (bicyclic) bond motifs is 1. The number of rotatable bonds is 5. The normalized spacial score (nSPS) is 22.0. The van der Waals surface area contributed by atoms with Gasteiger partial charge < -0.3 is 9.47 Å². The fourth-order valence-electron chi connectivity index (χ4n) is 4.44. The zero-order valence-corrected chi connectivity index (χ0v) is 18.7. The van der Waals surface area contributed by atoms with Crippen LogP contribution in [0.3, 0.4) is 0 Å². The van der Waals surface area contributed by atoms with Crippen LogP contribution in [0.1, 0.15) is 11.6 Å². The third kappa shape index (κ3) is 3.50. The number of ether oxygens (including phenoxy) is 2. The van der Waals surface area contributed by atoms with Gasteiger partial charge in [-0.1, -0.05) is 29.8 Å². The maximum atomic E-state index is 13.7. The van der Waals surface area contributed by atoms with Crippen molar-refractivity contribution in [3.05, 3.63) is 83.4 Å². The van der Waals surface area contributed by atoms with Crippen LogP contribution in [-0.2, 0) is 14.4 Å². The smallest absolute Gasteiger partial charge is 0.266 e. The first-order valence-corrected chi connectivity index (χ1v) is 10.8. The van der Waals surface area contributed by atoms with E-state index in [0.29, 0.717) is 27.8 Å². The van der Waals surface area contributed by atoms with Crippen LogP contribution >= 0.6 is 11.6 Å². The minimum atomic E-state index is -0.978. The van der Waals surface area contributed by atoms with Gasteiger partial charge in [0.25, 0.3) is 5.91 Å². The van der Waals surface area contributed by atoms with Gasteiger partial charge in [0, 0.05) is 10.6 Å². The zero-order valence-electron chi connectivity index (χ0n) is 18.0. The first kappa shape index (κ1) is 21.3. The molecule has 5 rings (SSSR count). The van der Waals surface area contributed by atoms with E-state index in [9.17, 15) is 9.59 Å². The van der Waals surface area contributed by atoms with Crippen LogP contribution in [0.4, 0.5) is 11.4 Å². The van der Waals surface area contributed by atoms with Crippen molar-refractivity contribution >= 4 is 34.8 Å². The van der Waals surface area contributed by atoms with Crippen molar-refractivity contribution in [3.8, 4) is 11.5 Å². The van der Waals surface area contributed by atoms with Crippen LogP contribution in [0.15, 0.2) is 72.8 Å². The van der Waals surface area contributed by atoms with Crippen molar-refractivity contribution in [1.29, 1.82) is 0 Å². The number of halogens is 1. The highest BCUT2D eigenvalue weighted by Gasteiger charge is 2.60. The van der Waals surface area contributed by atoms with E-state index in [-0.39, 0.29) is 5.91 Å². The summed E-state index contributed by atoms with van der Waals surface area (Å²) in [5.74, 6) is -0.377. The number of imide groups is 1. The number of hydroxylamine groups is 1. The summed E-state index contributed by atoms with van der Waals surface area (Å²) < 4.78 is 11.0. The average Bonchev–Trinajstić information content (AvgIpc) is 3.36. The molecule has 2 fully saturated rings. The van der Waals surface area contributed by atoms with Crippen molar-refractivity contribution in [2.75, 3.05) is 24.2 Å². The molecule has 0 spiro atoms. The number of hydrogen-bond donors (Lipinski definition) is 0. The SMILES string of the molecule is COc1ccc(OC)c([C@@H]2[C@H]3C(=O)N(c4ccc(Cl)cc4)C(=O)[C@@H]3ON2c2ccccc2)c1. The van der Waals surface area contributed by atoms with E-state index in [1.165, 1.54) is 4.90 Å². The molecule has 3 atom stereocenters. The molecule has 0 bridgehead atoms. The van der Waals surface area contributed by atoms with Crippen molar-refractivity contribution in [2.24, 2.45) is 5.92 Å². The number of para-hydroxylation sites is 1. The molecule has 168 valence electrons. The Hall–Kier alpha value is -3.55. The largest absolute Gasteiger partial charge is 0.497 e. The molecule has 2 aliphatic rings. The standard InChI is InChI=1S/C25H21ClN2O5/c1-31-18-12-13-20(32-2)19(14-18)22-21-23(33-28(22)17-6-4-3-5-7-17)25(30)27(24(21)29)16-10-8-15(26)9-11-16/h3-14,21-23H,1-2H3/t21-,22-,23-/m1/s1. The summed E-state index contributed by atoms with van der Waals surface area (Å²) in [6, 6.07) is 20.7. The van der Waals surface area contributed by atoms with E-state index in [4.69, 9.17) is 25.9 Å². The molecule has 2 saturated heterocycles. The van der Waals surface area contributed by atoms with Gasteiger partial charge in [-0.2, -0.15) is 0 Å². The highest BCUT2D eigenvalue weighted by atomic mass is 35.5. The summed E-state index contributed by atoms with van der Waals surface area (Å²) in [5, 5.41) is 2.14. The number of anilines is 2. The Morgan fingerprint density at radius 2 is 1.58 bits per heavy atom. The number of hydrogen-bond acceptors (Lipinski definition) is 6. The number of methoxy groups -OCH3 is 2.